The van der Waals surface area contributed by atoms with Gasteiger partial charge in [0.05, 0.1) is 0 Å². The van der Waals surface area contributed by atoms with Gasteiger partial charge in [0.15, 0.2) is 0 Å². The number of hydrogen-bond donors (Lipinski definition) is 1. The molecule has 5 nitrogen and oxygen atoms in total. The van der Waals surface area contributed by atoms with Crippen molar-refractivity contribution < 1.29 is 0 Å². The molecule has 0 aromatic carbocycles. The molecule has 0 radical (unpaired) electrons. The van der Waals surface area contributed by atoms with Crippen LogP contribution in [0.3, 0.4) is 0 Å². The summed E-state index contributed by atoms with van der Waals surface area (Å²) < 4.78 is 0. The lowest BCUT2D eigenvalue weighted by molar-refractivity contribution is 0.400. The molecule has 0 spiro atoms. The van der Waals surface area contributed by atoms with E-state index in [1.165, 1.54) is 0 Å². The quantitative estimate of drug-likeness (QED) is 0.815. The molecule has 5 heteroatoms. The summed E-state index contributed by atoms with van der Waals surface area (Å²) in [4.78, 5) is 23.4. The lowest BCUT2D eigenvalue weighted by atomic mass is 10.2. The van der Waals surface area contributed by atoms with Crippen LogP contribution in [0, 0.1) is 0 Å². The van der Waals surface area contributed by atoms with Crippen LogP contribution in [-0.2, 0) is 0 Å². The van der Waals surface area contributed by atoms with Crippen molar-refractivity contribution in [2.75, 3.05) is 38.6 Å². The van der Waals surface area contributed by atoms with Crippen molar-refractivity contribution in [3.05, 3.63) is 22.2 Å². The molecule has 0 atom stereocenters. The van der Waals surface area contributed by atoms with E-state index in [0.717, 1.165) is 37.7 Å². The van der Waals surface area contributed by atoms with Crippen molar-refractivity contribution in [3.8, 4) is 0 Å². The molecule has 0 aliphatic heterocycles. The van der Waals surface area contributed by atoms with Crippen molar-refractivity contribution in [2.24, 2.45) is 0 Å². The summed E-state index contributed by atoms with van der Waals surface area (Å²) in [6.07, 6.45) is 1.06. The molecule has 0 fully saturated rings. The van der Waals surface area contributed by atoms with Gasteiger partial charge in [-0.15, -0.1) is 0 Å². The Bertz CT molecular complexity index is 439. The van der Waals surface area contributed by atoms with Crippen LogP contribution in [0.1, 0.15) is 38.9 Å². The maximum absolute atomic E-state index is 11.7. The number of hydrogen-bond acceptors (Lipinski definition) is 4. The van der Waals surface area contributed by atoms with Crippen molar-refractivity contribution in [1.29, 1.82) is 0 Å². The van der Waals surface area contributed by atoms with Gasteiger partial charge in [-0.25, -0.2) is 4.98 Å². The Kier molecular flexibility index (Phi) is 6.02. The second-order valence-electron chi connectivity index (χ2n) is 5.38. The van der Waals surface area contributed by atoms with E-state index in [4.69, 9.17) is 0 Å². The molecule has 1 N–H and O–H groups in total. The summed E-state index contributed by atoms with van der Waals surface area (Å²) in [6, 6.07) is 1.59. The number of anilines is 1. The molecule has 0 saturated heterocycles. The molecule has 0 unspecified atom stereocenters. The Morgan fingerprint density at radius 3 is 2.53 bits per heavy atom. The molecule has 19 heavy (non-hydrogen) atoms. The summed E-state index contributed by atoms with van der Waals surface area (Å²) in [5.74, 6) is 1.77. The van der Waals surface area contributed by atoms with Crippen molar-refractivity contribution in [3.63, 3.8) is 0 Å². The minimum atomic E-state index is -0.0697. The fourth-order valence-electron chi connectivity index (χ4n) is 1.91. The van der Waals surface area contributed by atoms with Crippen LogP contribution < -0.4 is 10.5 Å². The molecule has 1 aromatic rings. The van der Waals surface area contributed by atoms with Gasteiger partial charge in [-0.1, -0.05) is 13.8 Å². The number of rotatable bonds is 7. The summed E-state index contributed by atoms with van der Waals surface area (Å²) in [5, 5.41) is 0. The number of nitrogens with one attached hydrogen (secondary N) is 1. The zero-order chi connectivity index (χ0) is 14.4. The first-order chi connectivity index (χ1) is 8.93. The van der Waals surface area contributed by atoms with Gasteiger partial charge < -0.3 is 14.8 Å². The molecule has 1 heterocycles. The van der Waals surface area contributed by atoms with Gasteiger partial charge in [0.25, 0.3) is 5.56 Å². The SMILES string of the molecule is CCN(CCCN(C)C)c1cc(=O)[nH]c(C(C)C)n1. The number of H-pyrrole nitrogens is 1. The first-order valence-corrected chi connectivity index (χ1v) is 6.95. The van der Waals surface area contributed by atoms with E-state index in [2.05, 4.69) is 40.8 Å². The van der Waals surface area contributed by atoms with Gasteiger partial charge in [0.1, 0.15) is 11.6 Å². The third-order valence-electron chi connectivity index (χ3n) is 3.03. The first-order valence-electron chi connectivity index (χ1n) is 6.95. The Morgan fingerprint density at radius 2 is 2.00 bits per heavy atom. The summed E-state index contributed by atoms with van der Waals surface area (Å²) in [5.41, 5.74) is -0.0697. The van der Waals surface area contributed by atoms with Crippen LogP contribution in [0.5, 0.6) is 0 Å². The van der Waals surface area contributed by atoms with Gasteiger partial charge in [-0.2, -0.15) is 0 Å². The highest BCUT2D eigenvalue weighted by atomic mass is 16.1. The maximum atomic E-state index is 11.7. The first kappa shape index (κ1) is 15.7. The molecule has 0 bridgehead atoms. The van der Waals surface area contributed by atoms with Crippen LogP contribution in [0.15, 0.2) is 10.9 Å². The van der Waals surface area contributed by atoms with Crippen molar-refractivity contribution in [2.45, 2.75) is 33.1 Å². The second kappa shape index (κ2) is 7.28. The largest absolute Gasteiger partial charge is 0.357 e. The summed E-state index contributed by atoms with van der Waals surface area (Å²) in [6.45, 7) is 8.98. The summed E-state index contributed by atoms with van der Waals surface area (Å²) >= 11 is 0. The smallest absolute Gasteiger partial charge is 0.252 e. The molecular formula is C14H26N4O. The molecule has 1 rings (SSSR count). The normalized spacial score (nSPS) is 11.3. The van der Waals surface area contributed by atoms with Crippen LogP contribution in [-0.4, -0.2) is 48.6 Å². The highest BCUT2D eigenvalue weighted by molar-refractivity contribution is 5.37. The topological polar surface area (TPSA) is 52.2 Å². The van der Waals surface area contributed by atoms with Crippen LogP contribution in [0.25, 0.3) is 0 Å². The standard InChI is InChI=1S/C14H26N4O/c1-6-18(9-7-8-17(4)5)12-10-13(19)16-14(15-12)11(2)3/h10-11H,6-9H2,1-5H3,(H,15,16,19). The lowest BCUT2D eigenvalue weighted by Crippen LogP contribution is -2.29. The predicted octanol–water partition coefficient (Wildman–Crippen LogP) is 1.67. The van der Waals surface area contributed by atoms with Gasteiger partial charge in [0.2, 0.25) is 0 Å². The Balaban J connectivity index is 2.82. The predicted molar refractivity (Wildman–Crippen MR) is 80.0 cm³/mol. The maximum Gasteiger partial charge on any atom is 0.252 e. The van der Waals surface area contributed by atoms with E-state index in [1.54, 1.807) is 6.07 Å². The highest BCUT2D eigenvalue weighted by Gasteiger charge is 2.10. The van der Waals surface area contributed by atoms with Crippen LogP contribution >= 0.6 is 0 Å². The third-order valence-corrected chi connectivity index (χ3v) is 3.03. The number of nitrogens with zero attached hydrogens (tertiary/aromatic N) is 3. The highest BCUT2D eigenvalue weighted by Crippen LogP contribution is 2.13. The zero-order valence-corrected chi connectivity index (χ0v) is 12.7. The lowest BCUT2D eigenvalue weighted by Gasteiger charge is -2.23. The van der Waals surface area contributed by atoms with Crippen molar-refractivity contribution in [1.82, 2.24) is 14.9 Å². The minimum absolute atomic E-state index is 0.0697. The van der Waals surface area contributed by atoms with E-state index in [-0.39, 0.29) is 11.5 Å². The minimum Gasteiger partial charge on any atom is -0.357 e. The van der Waals surface area contributed by atoms with E-state index < -0.39 is 0 Å². The number of aromatic amines is 1. The molecule has 108 valence electrons. The fourth-order valence-corrected chi connectivity index (χ4v) is 1.91. The average molecular weight is 266 g/mol. The summed E-state index contributed by atoms with van der Waals surface area (Å²) in [7, 11) is 4.14. The molecule has 0 aliphatic rings. The Morgan fingerprint density at radius 1 is 1.32 bits per heavy atom. The van der Waals surface area contributed by atoms with Gasteiger partial charge in [0, 0.05) is 25.1 Å². The fraction of sp³-hybridized carbons (Fsp3) is 0.714. The second-order valence-corrected chi connectivity index (χ2v) is 5.38. The van der Waals surface area contributed by atoms with E-state index >= 15 is 0 Å². The molecule has 1 aromatic heterocycles. The van der Waals surface area contributed by atoms with E-state index in [0.29, 0.717) is 0 Å². The van der Waals surface area contributed by atoms with Crippen LogP contribution in [0.2, 0.25) is 0 Å². The monoisotopic (exact) mass is 266 g/mol. The van der Waals surface area contributed by atoms with E-state index in [9.17, 15) is 4.79 Å². The van der Waals surface area contributed by atoms with Crippen LogP contribution in [0.4, 0.5) is 5.82 Å². The van der Waals surface area contributed by atoms with Gasteiger partial charge in [-0.3, -0.25) is 4.79 Å². The Labute approximate surface area is 115 Å². The molecular weight excluding hydrogens is 240 g/mol. The molecule has 0 saturated carbocycles. The van der Waals surface area contributed by atoms with Crippen molar-refractivity contribution >= 4 is 5.82 Å². The third kappa shape index (κ3) is 5.03. The van der Waals surface area contributed by atoms with Gasteiger partial charge >= 0.3 is 0 Å². The van der Waals surface area contributed by atoms with E-state index in [1.807, 2.05) is 13.8 Å². The Hall–Kier alpha value is -1.36. The molecule has 0 amide bonds. The van der Waals surface area contributed by atoms with Gasteiger partial charge in [-0.05, 0) is 34.0 Å². The number of aromatic nitrogens is 2. The molecule has 0 aliphatic carbocycles. The average Bonchev–Trinajstić information content (AvgIpc) is 2.33. The zero-order valence-electron chi connectivity index (χ0n) is 12.7.